The molecule has 7 nitrogen and oxygen atoms in total. The van der Waals surface area contributed by atoms with Crippen molar-refractivity contribution in [1.29, 1.82) is 0 Å². The van der Waals surface area contributed by atoms with Crippen LogP contribution >= 0.6 is 0 Å². The van der Waals surface area contributed by atoms with Gasteiger partial charge in [0.1, 0.15) is 0 Å². The van der Waals surface area contributed by atoms with Gasteiger partial charge < -0.3 is 26.5 Å². The monoisotopic (exact) mass is 228 g/mol. The van der Waals surface area contributed by atoms with E-state index < -0.39 is 23.9 Å². The van der Waals surface area contributed by atoms with E-state index in [0.29, 0.717) is 0 Å². The van der Waals surface area contributed by atoms with Crippen LogP contribution in [0.15, 0.2) is 0 Å². The second-order valence-corrected chi connectivity index (χ2v) is 2.45. The number of rotatable bonds is 4. The number of carboxylic acid groups (broad SMARTS) is 2. The number of carbonyl (C=O) groups excluding carboxylic acids is 2. The molecule has 0 spiro atoms. The Bertz CT molecular complexity index is 217. The minimum absolute atomic E-state index is 0. The molecule has 8 heteroatoms. The zero-order valence-corrected chi connectivity index (χ0v) is 10.7. The Labute approximate surface area is 109 Å². The summed E-state index contributed by atoms with van der Waals surface area (Å²) in [5.74, 6) is -2.75. The van der Waals surface area contributed by atoms with E-state index in [2.05, 4.69) is 0 Å². The predicted molar refractivity (Wildman–Crippen MR) is 44.7 cm³/mol. The van der Waals surface area contributed by atoms with Crippen LogP contribution < -0.4 is 46.1 Å². The van der Waals surface area contributed by atoms with Crippen molar-refractivity contribution in [1.82, 2.24) is 0 Å². The first kappa shape index (κ1) is 19.9. The number of nitrogens with two attached hydrogens (primary N) is 2. The maximum atomic E-state index is 10.1. The van der Waals surface area contributed by atoms with Crippen molar-refractivity contribution in [2.45, 2.75) is 25.8 Å². The van der Waals surface area contributed by atoms with Crippen LogP contribution in [0.25, 0.3) is 0 Å². The summed E-state index contributed by atoms with van der Waals surface area (Å²) in [6.07, 6.45) is 0.0206. The molecule has 0 saturated heterocycles. The van der Waals surface area contributed by atoms with E-state index in [4.69, 9.17) is 21.4 Å². The number of hydrogen-bond donors (Lipinski definition) is 3. The molecule has 0 unspecified atom stereocenters. The molecule has 0 radical (unpaired) electrons. The summed E-state index contributed by atoms with van der Waals surface area (Å²) >= 11 is 0. The molecule has 0 bridgehead atoms. The summed E-state index contributed by atoms with van der Waals surface area (Å²) in [5, 5.41) is 17.3. The van der Waals surface area contributed by atoms with Gasteiger partial charge in [-0.25, -0.2) is 0 Å². The SMILES string of the molecule is CC(=O)O.NC(=O)CC[C@H](N)C(=O)[O-].[Na+]. The van der Waals surface area contributed by atoms with Gasteiger partial charge in [-0.2, -0.15) is 0 Å². The molecule has 0 aromatic rings. The van der Waals surface area contributed by atoms with Crippen LogP contribution in [-0.2, 0) is 14.4 Å². The van der Waals surface area contributed by atoms with E-state index in [1.54, 1.807) is 0 Å². The first-order chi connectivity index (χ1) is 6.27. The maximum Gasteiger partial charge on any atom is 1.00 e. The van der Waals surface area contributed by atoms with E-state index in [1.165, 1.54) is 0 Å². The summed E-state index contributed by atoms with van der Waals surface area (Å²) < 4.78 is 0. The van der Waals surface area contributed by atoms with Crippen LogP contribution in [-0.4, -0.2) is 29.0 Å². The third-order valence-electron chi connectivity index (χ3n) is 1.00. The summed E-state index contributed by atoms with van der Waals surface area (Å²) in [6.45, 7) is 1.08. The van der Waals surface area contributed by atoms with E-state index in [9.17, 15) is 14.7 Å². The maximum absolute atomic E-state index is 10.1. The fourth-order valence-electron chi connectivity index (χ4n) is 0.416. The summed E-state index contributed by atoms with van der Waals surface area (Å²) in [7, 11) is 0. The molecule has 1 amide bonds. The molecule has 0 aromatic carbocycles. The molecule has 5 N–H and O–H groups in total. The average Bonchev–Trinajstić information content (AvgIpc) is 1.98. The molecular weight excluding hydrogens is 215 g/mol. The average molecular weight is 228 g/mol. The number of carbonyl (C=O) groups is 3. The fourth-order valence-corrected chi connectivity index (χ4v) is 0.416. The van der Waals surface area contributed by atoms with Gasteiger partial charge in [0, 0.05) is 19.4 Å². The van der Waals surface area contributed by atoms with Gasteiger partial charge in [-0.15, -0.1) is 0 Å². The Morgan fingerprint density at radius 2 is 1.73 bits per heavy atom. The van der Waals surface area contributed by atoms with Crippen molar-refractivity contribution in [3.8, 4) is 0 Å². The van der Waals surface area contributed by atoms with Crippen molar-refractivity contribution >= 4 is 17.8 Å². The molecule has 0 aliphatic heterocycles. The molecule has 15 heavy (non-hydrogen) atoms. The number of carboxylic acids is 2. The van der Waals surface area contributed by atoms with Gasteiger partial charge in [-0.1, -0.05) is 0 Å². The van der Waals surface area contributed by atoms with Crippen LogP contribution in [0.3, 0.4) is 0 Å². The van der Waals surface area contributed by atoms with Crippen molar-refractivity contribution in [3.63, 3.8) is 0 Å². The quantitative estimate of drug-likeness (QED) is 0.409. The van der Waals surface area contributed by atoms with Gasteiger partial charge in [-0.3, -0.25) is 9.59 Å². The van der Waals surface area contributed by atoms with Crippen LogP contribution in [0.1, 0.15) is 19.8 Å². The first-order valence-corrected chi connectivity index (χ1v) is 3.71. The van der Waals surface area contributed by atoms with E-state index in [-0.39, 0.29) is 42.4 Å². The minimum atomic E-state index is -1.36. The van der Waals surface area contributed by atoms with Gasteiger partial charge in [0.05, 0.1) is 5.97 Å². The molecule has 0 fully saturated rings. The standard InChI is InChI=1S/C5H10N2O3.C2H4O2.Na/c6-3(5(9)10)1-2-4(7)8;1-2(3)4;/h3H,1-2,6H2,(H2,7,8)(H,9,10);1H3,(H,3,4);/q;;+1/p-1/t3-;;/m0../s1. The van der Waals surface area contributed by atoms with Crippen LogP contribution in [0.5, 0.6) is 0 Å². The van der Waals surface area contributed by atoms with E-state index in [1.807, 2.05) is 0 Å². The third kappa shape index (κ3) is 24.7. The molecule has 0 rings (SSSR count). The minimum Gasteiger partial charge on any atom is -0.548 e. The number of primary amides is 1. The van der Waals surface area contributed by atoms with Gasteiger partial charge >= 0.3 is 29.6 Å². The summed E-state index contributed by atoms with van der Waals surface area (Å²) in [4.78, 5) is 29.0. The largest absolute Gasteiger partial charge is 1.00 e. The summed E-state index contributed by atoms with van der Waals surface area (Å²) in [6, 6.07) is -1.09. The Hall–Kier alpha value is -0.630. The smallest absolute Gasteiger partial charge is 0.548 e. The third-order valence-corrected chi connectivity index (χ3v) is 1.00. The predicted octanol–water partition coefficient (Wildman–Crippen LogP) is -5.58. The van der Waals surface area contributed by atoms with Gasteiger partial charge in [0.25, 0.3) is 5.97 Å². The molecular formula is C7H13N2NaO5. The van der Waals surface area contributed by atoms with E-state index in [0.717, 1.165) is 6.92 Å². The van der Waals surface area contributed by atoms with E-state index >= 15 is 0 Å². The normalized spacial score (nSPS) is 10.0. The second kappa shape index (κ2) is 11.4. The van der Waals surface area contributed by atoms with Crippen molar-refractivity contribution in [3.05, 3.63) is 0 Å². The number of aliphatic carboxylic acids is 2. The fraction of sp³-hybridized carbons (Fsp3) is 0.571. The van der Waals surface area contributed by atoms with Gasteiger partial charge in [0.2, 0.25) is 5.91 Å². The molecule has 0 aliphatic carbocycles. The van der Waals surface area contributed by atoms with Crippen LogP contribution in [0, 0.1) is 0 Å². The molecule has 0 aliphatic rings. The van der Waals surface area contributed by atoms with Crippen molar-refractivity contribution < 1.29 is 54.2 Å². The molecule has 0 aromatic heterocycles. The zero-order valence-electron chi connectivity index (χ0n) is 8.73. The zero-order chi connectivity index (χ0) is 11.7. The molecule has 82 valence electrons. The number of hydrogen-bond acceptors (Lipinski definition) is 5. The Kier molecular flexibility index (Phi) is 15.2. The first-order valence-electron chi connectivity index (χ1n) is 3.71. The van der Waals surface area contributed by atoms with Crippen molar-refractivity contribution in [2.75, 3.05) is 0 Å². The Balaban J connectivity index is -0.000000249. The molecule has 0 heterocycles. The second-order valence-electron chi connectivity index (χ2n) is 2.45. The van der Waals surface area contributed by atoms with Crippen LogP contribution in [0.2, 0.25) is 0 Å². The number of amides is 1. The van der Waals surface area contributed by atoms with Crippen LogP contribution in [0.4, 0.5) is 0 Å². The topological polar surface area (TPSA) is 147 Å². The summed E-state index contributed by atoms with van der Waals surface area (Å²) in [5.41, 5.74) is 9.73. The molecule has 0 saturated carbocycles. The Morgan fingerprint density at radius 3 is 1.93 bits per heavy atom. The van der Waals surface area contributed by atoms with Gasteiger partial charge in [0.15, 0.2) is 0 Å². The molecule has 1 atom stereocenters. The van der Waals surface area contributed by atoms with Crippen molar-refractivity contribution in [2.24, 2.45) is 11.5 Å². The van der Waals surface area contributed by atoms with Gasteiger partial charge in [-0.05, 0) is 6.42 Å². The Morgan fingerprint density at radius 1 is 1.40 bits per heavy atom.